The molecule has 0 spiro atoms. The summed E-state index contributed by atoms with van der Waals surface area (Å²) in [7, 11) is 0. The summed E-state index contributed by atoms with van der Waals surface area (Å²) in [6.07, 6.45) is 10.3. The Bertz CT molecular complexity index is 233. The maximum Gasteiger partial charge on any atom is 0.0302 e. The molecule has 12 heavy (non-hydrogen) atoms. The molecule has 1 heteroatoms. The van der Waals surface area contributed by atoms with E-state index in [2.05, 4.69) is 18.2 Å². The summed E-state index contributed by atoms with van der Waals surface area (Å²) in [5.74, 6) is 0. The van der Waals surface area contributed by atoms with Crippen LogP contribution in [0.5, 0.6) is 0 Å². The van der Waals surface area contributed by atoms with Crippen LogP contribution in [0, 0.1) is 0 Å². The van der Waals surface area contributed by atoms with Gasteiger partial charge < -0.3 is 0 Å². The number of aliphatic imine (C=N–C) groups is 1. The number of hydrogen-bond acceptors (Lipinski definition) is 1. The minimum Gasteiger partial charge on any atom is -0.265 e. The van der Waals surface area contributed by atoms with E-state index in [0.29, 0.717) is 0 Å². The zero-order chi connectivity index (χ0) is 8.81. The monoisotopic (exact) mass is 161 g/mol. The third-order valence-corrected chi connectivity index (χ3v) is 2.14. The molecule has 1 rings (SSSR count). The second kappa shape index (κ2) is 4.70. The van der Waals surface area contributed by atoms with Crippen LogP contribution < -0.4 is 0 Å². The van der Waals surface area contributed by atoms with Crippen molar-refractivity contribution in [3.05, 3.63) is 36.6 Å². The minimum atomic E-state index is 1.14. The fourth-order valence-corrected chi connectivity index (χ4v) is 1.48. The number of nitrogens with zero attached hydrogens (tertiary/aromatic N) is 1. The Hall–Kier alpha value is -1.11. The summed E-state index contributed by atoms with van der Waals surface area (Å²) in [5, 5.41) is 0. The van der Waals surface area contributed by atoms with Crippen molar-refractivity contribution in [3.8, 4) is 0 Å². The van der Waals surface area contributed by atoms with E-state index in [9.17, 15) is 0 Å². The zero-order valence-electron chi connectivity index (χ0n) is 7.42. The van der Waals surface area contributed by atoms with Crippen molar-refractivity contribution in [2.24, 2.45) is 4.99 Å². The van der Waals surface area contributed by atoms with Crippen LogP contribution in [-0.2, 0) is 0 Å². The van der Waals surface area contributed by atoms with Crippen LogP contribution in [-0.4, -0.2) is 6.21 Å². The lowest BCUT2D eigenvalue weighted by atomic mass is 9.92. The highest BCUT2D eigenvalue weighted by atomic mass is 14.7. The fraction of sp³-hybridized carbons (Fsp3) is 0.364. The topological polar surface area (TPSA) is 12.4 Å². The van der Waals surface area contributed by atoms with Gasteiger partial charge in [-0.2, -0.15) is 0 Å². The Labute approximate surface area is 74.2 Å². The lowest BCUT2D eigenvalue weighted by molar-refractivity contribution is 0.700. The van der Waals surface area contributed by atoms with Gasteiger partial charge in [-0.1, -0.05) is 19.2 Å². The smallest absolute Gasteiger partial charge is 0.0302 e. The molecule has 0 aromatic carbocycles. The molecule has 0 amide bonds. The molecule has 1 aliphatic rings. The molecule has 0 saturated carbocycles. The van der Waals surface area contributed by atoms with Crippen molar-refractivity contribution < 1.29 is 0 Å². The van der Waals surface area contributed by atoms with Gasteiger partial charge in [0.25, 0.3) is 0 Å². The second-order valence-corrected chi connectivity index (χ2v) is 2.92. The normalized spacial score (nSPS) is 18.3. The molecule has 0 atom stereocenters. The molecular formula is C11H15N. The third kappa shape index (κ3) is 2.19. The highest BCUT2D eigenvalue weighted by Crippen LogP contribution is 2.23. The molecule has 0 N–H and O–H groups in total. The van der Waals surface area contributed by atoms with Crippen LogP contribution in [0.2, 0.25) is 0 Å². The quantitative estimate of drug-likeness (QED) is 0.563. The van der Waals surface area contributed by atoms with Gasteiger partial charge in [-0.3, -0.25) is 4.99 Å². The van der Waals surface area contributed by atoms with Gasteiger partial charge in [-0.15, -0.1) is 0 Å². The lowest BCUT2D eigenvalue weighted by Gasteiger charge is -2.13. The van der Waals surface area contributed by atoms with Crippen molar-refractivity contribution in [2.75, 3.05) is 0 Å². The Kier molecular flexibility index (Phi) is 3.52. The number of allylic oxidation sites excluding steroid dienone is 3. The standard InChI is InChI=1S/C11H15N/c1-3-10-7-5-6-8-11(10)9-12-4-2/h3-4,9H,1-2,5-8H2/b12-9-. The van der Waals surface area contributed by atoms with Crippen molar-refractivity contribution in [1.82, 2.24) is 0 Å². The summed E-state index contributed by atoms with van der Waals surface area (Å²) in [5.41, 5.74) is 2.68. The molecule has 0 aromatic rings. The van der Waals surface area contributed by atoms with E-state index < -0.39 is 0 Å². The third-order valence-electron chi connectivity index (χ3n) is 2.14. The van der Waals surface area contributed by atoms with Gasteiger partial charge in [-0.05, 0) is 36.8 Å². The summed E-state index contributed by atoms with van der Waals surface area (Å²) >= 11 is 0. The van der Waals surface area contributed by atoms with Crippen molar-refractivity contribution in [2.45, 2.75) is 25.7 Å². The highest BCUT2D eigenvalue weighted by Gasteiger charge is 2.07. The molecule has 0 saturated heterocycles. The van der Waals surface area contributed by atoms with Gasteiger partial charge in [0.1, 0.15) is 0 Å². The molecule has 0 radical (unpaired) electrons. The van der Waals surface area contributed by atoms with Crippen LogP contribution in [0.1, 0.15) is 25.7 Å². The molecule has 1 aliphatic carbocycles. The van der Waals surface area contributed by atoms with Gasteiger partial charge in [-0.25, -0.2) is 0 Å². The van der Waals surface area contributed by atoms with Crippen LogP contribution in [0.25, 0.3) is 0 Å². The molecule has 0 unspecified atom stereocenters. The van der Waals surface area contributed by atoms with Gasteiger partial charge in [0.15, 0.2) is 0 Å². The lowest BCUT2D eigenvalue weighted by Crippen LogP contribution is -1.98. The molecule has 0 aromatic heterocycles. The van der Waals surface area contributed by atoms with E-state index in [1.54, 1.807) is 6.20 Å². The average molecular weight is 161 g/mol. The molecular weight excluding hydrogens is 146 g/mol. The van der Waals surface area contributed by atoms with Crippen molar-refractivity contribution >= 4 is 6.21 Å². The minimum absolute atomic E-state index is 1.14. The van der Waals surface area contributed by atoms with E-state index in [-0.39, 0.29) is 0 Å². The molecule has 1 nitrogen and oxygen atoms in total. The van der Waals surface area contributed by atoms with Crippen LogP contribution in [0.3, 0.4) is 0 Å². The van der Waals surface area contributed by atoms with Gasteiger partial charge in [0.05, 0.1) is 0 Å². The van der Waals surface area contributed by atoms with E-state index >= 15 is 0 Å². The van der Waals surface area contributed by atoms with Crippen LogP contribution in [0.15, 0.2) is 41.6 Å². The SMILES string of the molecule is C=C/N=C\C1=C(C=C)CCCC1. The molecule has 0 bridgehead atoms. The summed E-state index contributed by atoms with van der Waals surface area (Å²) in [6, 6.07) is 0. The number of rotatable bonds is 3. The first-order valence-electron chi connectivity index (χ1n) is 4.37. The first-order valence-corrected chi connectivity index (χ1v) is 4.37. The largest absolute Gasteiger partial charge is 0.265 e. The van der Waals surface area contributed by atoms with Gasteiger partial charge in [0.2, 0.25) is 0 Å². The second-order valence-electron chi connectivity index (χ2n) is 2.92. The average Bonchev–Trinajstić information content (AvgIpc) is 2.15. The fourth-order valence-electron chi connectivity index (χ4n) is 1.48. The van der Waals surface area contributed by atoms with Gasteiger partial charge in [0, 0.05) is 12.4 Å². The zero-order valence-corrected chi connectivity index (χ0v) is 7.42. The van der Waals surface area contributed by atoms with Crippen molar-refractivity contribution in [3.63, 3.8) is 0 Å². The Morgan fingerprint density at radius 3 is 2.33 bits per heavy atom. The predicted octanol–water partition coefficient (Wildman–Crippen LogP) is 3.26. The Balaban J connectivity index is 2.79. The Morgan fingerprint density at radius 2 is 1.75 bits per heavy atom. The Morgan fingerprint density at radius 1 is 1.08 bits per heavy atom. The predicted molar refractivity (Wildman–Crippen MR) is 54.4 cm³/mol. The molecule has 0 aliphatic heterocycles. The van der Waals surface area contributed by atoms with E-state index in [0.717, 1.165) is 12.8 Å². The van der Waals surface area contributed by atoms with Crippen molar-refractivity contribution in [1.29, 1.82) is 0 Å². The van der Waals surface area contributed by atoms with E-state index in [1.807, 2.05) is 12.3 Å². The van der Waals surface area contributed by atoms with Gasteiger partial charge >= 0.3 is 0 Å². The highest BCUT2D eigenvalue weighted by molar-refractivity contribution is 5.81. The maximum atomic E-state index is 4.03. The van der Waals surface area contributed by atoms with Crippen LogP contribution in [0.4, 0.5) is 0 Å². The summed E-state index contributed by atoms with van der Waals surface area (Å²) < 4.78 is 0. The molecule has 0 fully saturated rings. The van der Waals surface area contributed by atoms with Crippen LogP contribution >= 0.6 is 0 Å². The molecule has 64 valence electrons. The first kappa shape index (κ1) is 8.98. The summed E-state index contributed by atoms with van der Waals surface area (Å²) in [6.45, 7) is 7.35. The molecule has 0 heterocycles. The maximum absolute atomic E-state index is 4.03. The van der Waals surface area contributed by atoms with E-state index in [4.69, 9.17) is 0 Å². The number of hydrogen-bond donors (Lipinski definition) is 0. The first-order chi connectivity index (χ1) is 5.88. The summed E-state index contributed by atoms with van der Waals surface area (Å²) in [4.78, 5) is 4.03. The van der Waals surface area contributed by atoms with E-state index in [1.165, 1.54) is 24.0 Å².